The van der Waals surface area contributed by atoms with Crippen molar-refractivity contribution < 1.29 is 9.59 Å². The van der Waals surface area contributed by atoms with Gasteiger partial charge in [-0.1, -0.05) is 66.2 Å². The van der Waals surface area contributed by atoms with Gasteiger partial charge >= 0.3 is 0 Å². The van der Waals surface area contributed by atoms with Crippen LogP contribution in [0.25, 0.3) is 0 Å². The highest BCUT2D eigenvalue weighted by molar-refractivity contribution is 5.97. The topological polar surface area (TPSA) is 61.4 Å². The molecule has 0 bridgehead atoms. The predicted octanol–water partition coefficient (Wildman–Crippen LogP) is 4.44. The van der Waals surface area contributed by atoms with Crippen molar-refractivity contribution in [2.45, 2.75) is 19.4 Å². The smallest absolute Gasteiger partial charge is 0.255 e. The Morgan fingerprint density at radius 3 is 1.88 bits per heavy atom. The monoisotopic (exact) mass is 425 g/mol. The summed E-state index contributed by atoms with van der Waals surface area (Å²) in [6.45, 7) is 2.81. The second-order valence-corrected chi connectivity index (χ2v) is 8.08. The molecule has 5 nitrogen and oxygen atoms in total. The highest BCUT2D eigenvalue weighted by Crippen LogP contribution is 2.33. The summed E-state index contributed by atoms with van der Waals surface area (Å²) >= 11 is 0. The van der Waals surface area contributed by atoms with Crippen LogP contribution >= 0.6 is 0 Å². The van der Waals surface area contributed by atoms with E-state index in [1.165, 1.54) is 5.56 Å². The van der Waals surface area contributed by atoms with Gasteiger partial charge in [0.2, 0.25) is 0 Å². The van der Waals surface area contributed by atoms with Gasteiger partial charge in [-0.25, -0.2) is 0 Å². The molecule has 0 saturated carbocycles. The summed E-state index contributed by atoms with van der Waals surface area (Å²) in [6.07, 6.45) is 0.627. The van der Waals surface area contributed by atoms with Gasteiger partial charge in [0, 0.05) is 29.8 Å². The van der Waals surface area contributed by atoms with Crippen molar-refractivity contribution in [1.29, 1.82) is 0 Å². The largest absolute Gasteiger partial charge is 0.324 e. The van der Waals surface area contributed by atoms with Gasteiger partial charge in [0.05, 0.1) is 11.7 Å². The van der Waals surface area contributed by atoms with Crippen LogP contribution < -0.4 is 10.6 Å². The zero-order valence-corrected chi connectivity index (χ0v) is 18.3. The third-order valence-electron chi connectivity index (χ3n) is 5.73. The minimum absolute atomic E-state index is 0.178. The molecule has 2 amide bonds. The first-order chi connectivity index (χ1) is 15.5. The second-order valence-electron chi connectivity index (χ2n) is 8.08. The Hall–Kier alpha value is -3.70. The van der Waals surface area contributed by atoms with Crippen LogP contribution in [0.5, 0.6) is 0 Å². The van der Waals surface area contributed by atoms with Crippen LogP contribution in [0, 0.1) is 6.92 Å². The minimum atomic E-state index is -0.195. The summed E-state index contributed by atoms with van der Waals surface area (Å²) in [5.41, 5.74) is 4.84. The lowest BCUT2D eigenvalue weighted by Crippen LogP contribution is -2.42. The van der Waals surface area contributed by atoms with Crippen LogP contribution in [-0.2, 0) is 0 Å². The molecule has 0 aliphatic carbocycles. The van der Waals surface area contributed by atoms with Crippen molar-refractivity contribution in [3.05, 3.63) is 119 Å². The second kappa shape index (κ2) is 9.62. The van der Waals surface area contributed by atoms with Gasteiger partial charge in [0.25, 0.3) is 11.8 Å². The average molecular weight is 426 g/mol. The molecule has 3 aromatic rings. The molecule has 0 aromatic heterocycles. The number of carbonyl (C=O) groups excluding carboxylic acids is 2. The predicted molar refractivity (Wildman–Crippen MR) is 126 cm³/mol. The number of carbonyl (C=O) groups is 2. The van der Waals surface area contributed by atoms with Crippen LogP contribution in [0.15, 0.2) is 96.3 Å². The molecule has 162 valence electrons. The Labute approximate surface area is 188 Å². The molecule has 0 spiro atoms. The van der Waals surface area contributed by atoms with Gasteiger partial charge in [0.15, 0.2) is 0 Å². The zero-order chi connectivity index (χ0) is 22.5. The van der Waals surface area contributed by atoms with Gasteiger partial charge in [-0.2, -0.15) is 0 Å². The third-order valence-corrected chi connectivity index (χ3v) is 5.73. The standard InChI is InChI=1S/C27H27N3O2/c1-19-13-15-20(16-14-19)25-24(29-27(32)22-11-7-4-8-12-22)23(17-18-30(25)2)28-26(31)21-9-5-3-6-10-21/h3-16,25H,17-18H2,1-2H3,(H,28,31)(H,29,32). The Balaban J connectivity index is 1.73. The molecule has 32 heavy (non-hydrogen) atoms. The molecular formula is C27H27N3O2. The molecule has 1 heterocycles. The summed E-state index contributed by atoms with van der Waals surface area (Å²) in [7, 11) is 2.04. The minimum Gasteiger partial charge on any atom is -0.324 e. The number of hydrogen-bond donors (Lipinski definition) is 2. The van der Waals surface area contributed by atoms with Crippen molar-refractivity contribution in [1.82, 2.24) is 15.5 Å². The first-order valence-electron chi connectivity index (χ1n) is 10.8. The molecular weight excluding hydrogens is 398 g/mol. The van der Waals surface area contributed by atoms with Crippen molar-refractivity contribution in [2.24, 2.45) is 0 Å². The van der Waals surface area contributed by atoms with Gasteiger partial charge in [-0.3, -0.25) is 14.5 Å². The first-order valence-corrected chi connectivity index (χ1v) is 10.8. The molecule has 3 aromatic carbocycles. The number of rotatable bonds is 5. The van der Waals surface area contributed by atoms with Crippen LogP contribution in [0.2, 0.25) is 0 Å². The van der Waals surface area contributed by atoms with Crippen LogP contribution in [0.4, 0.5) is 0 Å². The molecule has 1 atom stereocenters. The van der Waals surface area contributed by atoms with Crippen LogP contribution in [-0.4, -0.2) is 30.3 Å². The molecule has 0 radical (unpaired) electrons. The van der Waals surface area contributed by atoms with E-state index < -0.39 is 0 Å². The number of amides is 2. The van der Waals surface area contributed by atoms with Gasteiger partial charge < -0.3 is 10.6 Å². The van der Waals surface area contributed by atoms with Gasteiger partial charge in [-0.15, -0.1) is 0 Å². The van der Waals surface area contributed by atoms with Crippen LogP contribution in [0.1, 0.15) is 44.3 Å². The molecule has 1 unspecified atom stereocenters. The highest BCUT2D eigenvalue weighted by atomic mass is 16.2. The lowest BCUT2D eigenvalue weighted by molar-refractivity contribution is 0.0932. The Morgan fingerprint density at radius 1 is 0.781 bits per heavy atom. The van der Waals surface area contributed by atoms with Gasteiger partial charge in [-0.05, 0) is 43.8 Å². The van der Waals surface area contributed by atoms with E-state index in [0.717, 1.165) is 17.8 Å². The molecule has 5 heteroatoms. The van der Waals surface area contributed by atoms with Crippen molar-refractivity contribution in [3.63, 3.8) is 0 Å². The number of nitrogens with one attached hydrogen (secondary N) is 2. The lowest BCUT2D eigenvalue weighted by Gasteiger charge is -2.37. The quantitative estimate of drug-likeness (QED) is 0.635. The first kappa shape index (κ1) is 21.5. The number of benzene rings is 3. The van der Waals surface area contributed by atoms with E-state index in [9.17, 15) is 9.59 Å². The normalized spacial score (nSPS) is 16.5. The maximum absolute atomic E-state index is 13.1. The van der Waals surface area contributed by atoms with E-state index in [2.05, 4.69) is 39.8 Å². The number of aryl methyl sites for hydroxylation is 1. The summed E-state index contributed by atoms with van der Waals surface area (Å²) in [5, 5.41) is 6.19. The van der Waals surface area contributed by atoms with Crippen molar-refractivity contribution in [2.75, 3.05) is 13.6 Å². The molecule has 1 aliphatic rings. The average Bonchev–Trinajstić information content (AvgIpc) is 2.83. The van der Waals surface area contributed by atoms with Gasteiger partial charge in [0.1, 0.15) is 0 Å². The molecule has 0 fully saturated rings. The fraction of sp³-hybridized carbons (Fsp3) is 0.185. The number of likely N-dealkylation sites (N-methyl/N-ethyl adjacent to an activating group) is 1. The summed E-state index contributed by atoms with van der Waals surface area (Å²) < 4.78 is 0. The number of nitrogens with zero attached hydrogens (tertiary/aromatic N) is 1. The molecule has 2 N–H and O–H groups in total. The summed E-state index contributed by atoms with van der Waals surface area (Å²) in [5.74, 6) is -0.376. The molecule has 0 saturated heterocycles. The lowest BCUT2D eigenvalue weighted by atomic mass is 9.95. The van der Waals surface area contributed by atoms with Crippen molar-refractivity contribution in [3.8, 4) is 0 Å². The maximum Gasteiger partial charge on any atom is 0.255 e. The SMILES string of the molecule is Cc1ccc(C2C(NC(=O)c3ccccc3)=C(NC(=O)c3ccccc3)CCN2C)cc1. The van der Waals surface area contributed by atoms with E-state index in [-0.39, 0.29) is 17.9 Å². The third kappa shape index (κ3) is 4.79. The highest BCUT2D eigenvalue weighted by Gasteiger charge is 2.31. The number of hydrogen-bond acceptors (Lipinski definition) is 3. The zero-order valence-electron chi connectivity index (χ0n) is 18.3. The van der Waals surface area contributed by atoms with Crippen molar-refractivity contribution >= 4 is 11.8 Å². The fourth-order valence-corrected chi connectivity index (χ4v) is 3.96. The van der Waals surface area contributed by atoms with Crippen LogP contribution in [0.3, 0.4) is 0 Å². The summed E-state index contributed by atoms with van der Waals surface area (Å²) in [6, 6.07) is 26.4. The summed E-state index contributed by atoms with van der Waals surface area (Å²) in [4.78, 5) is 28.2. The maximum atomic E-state index is 13.1. The molecule has 1 aliphatic heterocycles. The van der Waals surface area contributed by atoms with E-state index in [4.69, 9.17) is 0 Å². The van der Waals surface area contributed by atoms with E-state index in [1.807, 2.05) is 50.4 Å². The Kier molecular flexibility index (Phi) is 6.47. The molecule has 4 rings (SSSR count). The van der Waals surface area contributed by atoms with E-state index in [0.29, 0.717) is 23.2 Å². The van der Waals surface area contributed by atoms with E-state index >= 15 is 0 Å². The van der Waals surface area contributed by atoms with E-state index in [1.54, 1.807) is 24.3 Å². The Bertz CT molecular complexity index is 1120. The fourth-order valence-electron chi connectivity index (χ4n) is 3.96. The Morgan fingerprint density at radius 2 is 1.31 bits per heavy atom.